The van der Waals surface area contributed by atoms with E-state index >= 15 is 0 Å². The van der Waals surface area contributed by atoms with Crippen LogP contribution in [0, 0.1) is 12.8 Å². The van der Waals surface area contributed by atoms with Crippen LogP contribution in [0.25, 0.3) is 11.1 Å². The van der Waals surface area contributed by atoms with Crippen molar-refractivity contribution in [1.82, 2.24) is 4.57 Å². The molecular formula is C24H33BrN2O. The summed E-state index contributed by atoms with van der Waals surface area (Å²) in [6.45, 7) is 5.33. The summed E-state index contributed by atoms with van der Waals surface area (Å²) in [7, 11) is 0. The van der Waals surface area contributed by atoms with Gasteiger partial charge in [0.2, 0.25) is 0 Å². The molecule has 1 amide bonds. The van der Waals surface area contributed by atoms with Crippen molar-refractivity contribution in [3.8, 4) is 11.1 Å². The third-order valence-corrected chi connectivity index (χ3v) is 6.72. The first kappa shape index (κ1) is 21.2. The number of rotatable bonds is 8. The fraction of sp³-hybridized carbons (Fsp3) is 0.542. The van der Waals surface area contributed by atoms with Gasteiger partial charge in [-0.3, -0.25) is 4.79 Å². The highest BCUT2D eigenvalue weighted by Gasteiger charge is 2.26. The first-order valence-electron chi connectivity index (χ1n) is 10.8. The molecule has 2 aromatic rings. The van der Waals surface area contributed by atoms with E-state index in [-0.39, 0.29) is 5.91 Å². The molecule has 0 aliphatic heterocycles. The van der Waals surface area contributed by atoms with E-state index in [4.69, 9.17) is 5.73 Å². The number of nitrogens with zero attached hydrogens (tertiary/aromatic N) is 1. The lowest BCUT2D eigenvalue weighted by Gasteiger charge is -2.24. The van der Waals surface area contributed by atoms with Gasteiger partial charge < -0.3 is 10.3 Å². The Kier molecular flexibility index (Phi) is 7.39. The highest BCUT2D eigenvalue weighted by atomic mass is 79.9. The number of unbranched alkanes of at least 4 members (excludes halogenated alkanes) is 2. The second-order valence-electron chi connectivity index (χ2n) is 8.22. The summed E-state index contributed by atoms with van der Waals surface area (Å²) in [6.07, 6.45) is 11.2. The van der Waals surface area contributed by atoms with Crippen LogP contribution in [-0.4, -0.2) is 10.5 Å². The summed E-state index contributed by atoms with van der Waals surface area (Å²) >= 11 is 3.52. The SMILES string of the molecule is CCCCCc1c(-c2ccc(Br)cc2)c(C(N)=O)c(C)n1CC1CCCCC1. The van der Waals surface area contributed by atoms with Crippen molar-refractivity contribution in [2.45, 2.75) is 78.2 Å². The Morgan fingerprint density at radius 2 is 1.82 bits per heavy atom. The Labute approximate surface area is 177 Å². The number of halogens is 1. The third kappa shape index (κ3) is 4.71. The Balaban J connectivity index is 2.09. The van der Waals surface area contributed by atoms with E-state index < -0.39 is 0 Å². The molecule has 0 unspecified atom stereocenters. The monoisotopic (exact) mass is 444 g/mol. The fourth-order valence-electron chi connectivity index (χ4n) is 4.70. The summed E-state index contributed by atoms with van der Waals surface area (Å²) in [5.74, 6) is 0.401. The number of hydrogen-bond acceptors (Lipinski definition) is 1. The van der Waals surface area contributed by atoms with Crippen molar-refractivity contribution in [3.05, 3.63) is 45.7 Å². The molecule has 1 saturated carbocycles. The summed E-state index contributed by atoms with van der Waals surface area (Å²) in [6, 6.07) is 8.28. The van der Waals surface area contributed by atoms with Gasteiger partial charge in [-0.25, -0.2) is 0 Å². The smallest absolute Gasteiger partial charge is 0.251 e. The molecular weight excluding hydrogens is 412 g/mol. The van der Waals surface area contributed by atoms with Crippen molar-refractivity contribution in [2.75, 3.05) is 0 Å². The van der Waals surface area contributed by atoms with Crippen LogP contribution in [-0.2, 0) is 13.0 Å². The molecule has 28 heavy (non-hydrogen) atoms. The second-order valence-corrected chi connectivity index (χ2v) is 9.14. The summed E-state index contributed by atoms with van der Waals surface area (Å²) < 4.78 is 3.48. The first-order chi connectivity index (χ1) is 13.5. The largest absolute Gasteiger partial charge is 0.366 e. The molecule has 152 valence electrons. The van der Waals surface area contributed by atoms with Gasteiger partial charge in [0, 0.05) is 28.0 Å². The van der Waals surface area contributed by atoms with E-state index in [9.17, 15) is 4.79 Å². The number of aromatic nitrogens is 1. The minimum absolute atomic E-state index is 0.311. The van der Waals surface area contributed by atoms with E-state index in [0.29, 0.717) is 11.5 Å². The number of hydrogen-bond donors (Lipinski definition) is 1. The highest BCUT2D eigenvalue weighted by molar-refractivity contribution is 9.10. The average Bonchev–Trinajstić information content (AvgIpc) is 2.96. The van der Waals surface area contributed by atoms with Crippen LogP contribution < -0.4 is 5.73 Å². The molecule has 2 N–H and O–H groups in total. The van der Waals surface area contributed by atoms with Gasteiger partial charge in [-0.05, 0) is 56.2 Å². The summed E-state index contributed by atoms with van der Waals surface area (Å²) in [4.78, 5) is 12.5. The minimum atomic E-state index is -0.311. The molecule has 1 fully saturated rings. The zero-order valence-electron chi connectivity index (χ0n) is 17.3. The molecule has 0 saturated heterocycles. The lowest BCUT2D eigenvalue weighted by Crippen LogP contribution is -2.18. The molecule has 0 radical (unpaired) electrons. The number of primary amides is 1. The van der Waals surface area contributed by atoms with Gasteiger partial charge in [-0.2, -0.15) is 0 Å². The fourth-order valence-corrected chi connectivity index (χ4v) is 4.97. The van der Waals surface area contributed by atoms with Crippen molar-refractivity contribution in [3.63, 3.8) is 0 Å². The topological polar surface area (TPSA) is 48.0 Å². The van der Waals surface area contributed by atoms with Crippen molar-refractivity contribution in [2.24, 2.45) is 11.7 Å². The van der Waals surface area contributed by atoms with E-state index in [2.05, 4.69) is 46.5 Å². The highest BCUT2D eigenvalue weighted by Crippen LogP contribution is 2.36. The Bertz CT molecular complexity index is 801. The first-order valence-corrected chi connectivity index (χ1v) is 11.6. The molecule has 3 rings (SSSR count). The van der Waals surface area contributed by atoms with Crippen molar-refractivity contribution < 1.29 is 4.79 Å². The maximum atomic E-state index is 12.5. The number of nitrogens with two attached hydrogens (primary N) is 1. The average molecular weight is 445 g/mol. The van der Waals surface area contributed by atoms with E-state index in [0.717, 1.165) is 40.7 Å². The van der Waals surface area contributed by atoms with Crippen LogP contribution in [0.15, 0.2) is 28.7 Å². The maximum Gasteiger partial charge on any atom is 0.251 e. The molecule has 0 bridgehead atoms. The molecule has 1 heterocycles. The zero-order valence-corrected chi connectivity index (χ0v) is 18.9. The standard InChI is InChI=1S/C24H33BrN2O/c1-3-4-6-11-21-23(19-12-14-20(25)15-13-19)22(24(26)28)17(2)27(21)16-18-9-7-5-8-10-18/h12-15,18H,3-11,16H2,1-2H3,(H2,26,28). The molecule has 1 aromatic carbocycles. The van der Waals surface area contributed by atoms with Gasteiger partial charge in [0.1, 0.15) is 0 Å². The van der Waals surface area contributed by atoms with Gasteiger partial charge in [0.15, 0.2) is 0 Å². The van der Waals surface area contributed by atoms with E-state index in [1.807, 2.05) is 12.1 Å². The Morgan fingerprint density at radius 1 is 1.14 bits per heavy atom. The van der Waals surface area contributed by atoms with Gasteiger partial charge in [-0.1, -0.05) is 67.1 Å². The lowest BCUT2D eigenvalue weighted by molar-refractivity contribution is 0.1000. The zero-order chi connectivity index (χ0) is 20.1. The third-order valence-electron chi connectivity index (χ3n) is 6.19. The molecule has 3 nitrogen and oxygen atoms in total. The molecule has 4 heteroatoms. The van der Waals surface area contributed by atoms with Crippen LogP contribution in [0.4, 0.5) is 0 Å². The summed E-state index contributed by atoms with van der Waals surface area (Å²) in [5, 5.41) is 0. The van der Waals surface area contributed by atoms with E-state index in [1.54, 1.807) is 0 Å². The minimum Gasteiger partial charge on any atom is -0.366 e. The molecule has 0 atom stereocenters. The number of carbonyl (C=O) groups excluding carboxylic acids is 1. The van der Waals surface area contributed by atoms with Crippen LogP contribution in [0.5, 0.6) is 0 Å². The van der Waals surface area contributed by atoms with Gasteiger partial charge in [0.25, 0.3) is 5.91 Å². The number of amides is 1. The van der Waals surface area contributed by atoms with Gasteiger partial charge in [0.05, 0.1) is 5.56 Å². The van der Waals surface area contributed by atoms with Crippen LogP contribution in [0.3, 0.4) is 0 Å². The van der Waals surface area contributed by atoms with Crippen molar-refractivity contribution >= 4 is 21.8 Å². The molecule has 1 aliphatic rings. The Morgan fingerprint density at radius 3 is 2.43 bits per heavy atom. The van der Waals surface area contributed by atoms with E-state index in [1.165, 1.54) is 50.6 Å². The number of carbonyl (C=O) groups is 1. The van der Waals surface area contributed by atoms with Gasteiger partial charge in [-0.15, -0.1) is 0 Å². The molecule has 1 aromatic heterocycles. The lowest BCUT2D eigenvalue weighted by atomic mass is 9.89. The number of benzene rings is 1. The van der Waals surface area contributed by atoms with Crippen LogP contribution in [0.1, 0.15) is 80.0 Å². The predicted octanol–water partition coefficient (Wildman–Crippen LogP) is 6.64. The normalized spacial score (nSPS) is 15.1. The second kappa shape index (κ2) is 9.78. The van der Waals surface area contributed by atoms with Gasteiger partial charge >= 0.3 is 0 Å². The van der Waals surface area contributed by atoms with Crippen LogP contribution >= 0.6 is 15.9 Å². The Hall–Kier alpha value is -1.55. The predicted molar refractivity (Wildman–Crippen MR) is 121 cm³/mol. The van der Waals surface area contributed by atoms with Crippen molar-refractivity contribution in [1.29, 1.82) is 0 Å². The quantitative estimate of drug-likeness (QED) is 0.455. The summed E-state index contributed by atoms with van der Waals surface area (Å²) in [5.41, 5.74) is 11.1. The molecule has 0 spiro atoms. The van der Waals surface area contributed by atoms with Crippen LogP contribution in [0.2, 0.25) is 0 Å². The maximum absolute atomic E-state index is 12.5. The molecule has 1 aliphatic carbocycles.